The summed E-state index contributed by atoms with van der Waals surface area (Å²) in [5, 5.41) is 8.25. The van der Waals surface area contributed by atoms with E-state index in [9.17, 15) is 0 Å². The van der Waals surface area contributed by atoms with Gasteiger partial charge in [-0.05, 0) is 46.8 Å². The maximum Gasteiger partial charge on any atom is 0.0314 e. The smallest absolute Gasteiger partial charge is 0.0314 e. The summed E-state index contributed by atoms with van der Waals surface area (Å²) in [5.41, 5.74) is 0. The first-order valence-electron chi connectivity index (χ1n) is 7.34. The van der Waals surface area contributed by atoms with Crippen LogP contribution in [0.25, 0.3) is 0 Å². The Bertz CT molecular complexity index is 410. The Hall–Kier alpha value is 0.840. The maximum absolute atomic E-state index is 3.79. The zero-order valence-corrected chi connectivity index (χ0v) is 16.4. The molecular weight excluding hydrogens is 370 g/mol. The summed E-state index contributed by atoms with van der Waals surface area (Å²) in [7, 11) is 0. The fourth-order valence-electron chi connectivity index (χ4n) is 2.35. The molecule has 1 aromatic heterocycles. The van der Waals surface area contributed by atoms with E-state index in [1.54, 1.807) is 0 Å². The molecule has 0 aromatic carbocycles. The van der Waals surface area contributed by atoms with Gasteiger partial charge in [0.15, 0.2) is 0 Å². The highest BCUT2D eigenvalue weighted by Crippen LogP contribution is 2.38. The third kappa shape index (κ3) is 4.67. The van der Waals surface area contributed by atoms with Crippen LogP contribution in [0.1, 0.15) is 32.1 Å². The first kappa shape index (κ1) is 17.2. The lowest BCUT2D eigenvalue weighted by molar-refractivity contribution is 0.506. The van der Waals surface area contributed by atoms with Crippen LogP contribution in [0.15, 0.2) is 15.9 Å². The predicted molar refractivity (Wildman–Crippen MR) is 101 cm³/mol. The molecular formula is C15H24BrNS3. The second kappa shape index (κ2) is 8.47. The van der Waals surface area contributed by atoms with Crippen molar-refractivity contribution in [1.29, 1.82) is 0 Å². The van der Waals surface area contributed by atoms with E-state index in [-0.39, 0.29) is 0 Å². The van der Waals surface area contributed by atoms with Crippen LogP contribution in [-0.4, -0.2) is 34.1 Å². The molecule has 0 bridgehead atoms. The summed E-state index contributed by atoms with van der Waals surface area (Å²) >= 11 is 9.88. The van der Waals surface area contributed by atoms with E-state index >= 15 is 0 Å². The predicted octanol–water partition coefficient (Wildman–Crippen LogP) is 5.05. The summed E-state index contributed by atoms with van der Waals surface area (Å²) in [6.07, 6.45) is 2.36. The standard InChI is InChI=1S/C15H24BrNS3/c1-4-6-17-13(8-14-12(16)5-7-18-14)15-9-19-10(2)11(3)20-15/h5,7,10-11,13,15,17H,4,6,8-9H2,1-3H3. The molecule has 0 amide bonds. The maximum atomic E-state index is 3.79. The molecule has 4 atom stereocenters. The molecule has 1 aliphatic rings. The SMILES string of the molecule is CCCNC(Cc1sccc1Br)C1CSC(C)C(C)S1. The van der Waals surface area contributed by atoms with Crippen LogP contribution < -0.4 is 5.32 Å². The van der Waals surface area contributed by atoms with E-state index in [2.05, 4.69) is 77.0 Å². The highest BCUT2D eigenvalue weighted by molar-refractivity contribution is 9.10. The molecule has 0 saturated carbocycles. The summed E-state index contributed by atoms with van der Waals surface area (Å²) in [5.74, 6) is 1.28. The number of rotatable bonds is 6. The average molecular weight is 394 g/mol. The van der Waals surface area contributed by atoms with Crippen LogP contribution in [0, 0.1) is 0 Å². The summed E-state index contributed by atoms with van der Waals surface area (Å²) in [6, 6.07) is 2.77. The first-order valence-corrected chi connectivity index (χ1v) is 11.0. The molecule has 1 aliphatic heterocycles. The Balaban J connectivity index is 2.01. The molecule has 0 radical (unpaired) electrons. The summed E-state index contributed by atoms with van der Waals surface area (Å²) in [6.45, 7) is 8.12. The van der Waals surface area contributed by atoms with E-state index in [0.717, 1.165) is 28.7 Å². The highest BCUT2D eigenvalue weighted by Gasteiger charge is 2.31. The zero-order valence-electron chi connectivity index (χ0n) is 12.4. The Morgan fingerprint density at radius 2 is 2.20 bits per heavy atom. The molecule has 1 nitrogen and oxygen atoms in total. The molecule has 0 aliphatic carbocycles. The molecule has 0 spiro atoms. The number of halogens is 1. The van der Waals surface area contributed by atoms with Gasteiger partial charge in [0.05, 0.1) is 0 Å². The number of nitrogens with one attached hydrogen (secondary N) is 1. The number of thioether (sulfide) groups is 2. The zero-order chi connectivity index (χ0) is 14.5. The van der Waals surface area contributed by atoms with Crippen molar-refractivity contribution in [2.24, 2.45) is 0 Å². The third-order valence-electron chi connectivity index (χ3n) is 3.78. The largest absolute Gasteiger partial charge is 0.312 e. The summed E-state index contributed by atoms with van der Waals surface area (Å²) in [4.78, 5) is 1.48. The number of hydrogen-bond acceptors (Lipinski definition) is 4. The second-order valence-electron chi connectivity index (χ2n) is 5.37. The molecule has 5 heteroatoms. The molecule has 1 N–H and O–H groups in total. The third-order valence-corrected chi connectivity index (χ3v) is 9.28. The van der Waals surface area contributed by atoms with Gasteiger partial charge in [-0.25, -0.2) is 0 Å². The Labute approximate surface area is 144 Å². The number of hydrogen-bond donors (Lipinski definition) is 1. The van der Waals surface area contributed by atoms with Crippen LogP contribution >= 0.6 is 50.8 Å². The highest BCUT2D eigenvalue weighted by atomic mass is 79.9. The van der Waals surface area contributed by atoms with Crippen molar-refractivity contribution in [3.63, 3.8) is 0 Å². The molecule has 20 heavy (non-hydrogen) atoms. The van der Waals surface area contributed by atoms with Gasteiger partial charge in [0, 0.05) is 36.9 Å². The molecule has 1 fully saturated rings. The van der Waals surface area contributed by atoms with Crippen molar-refractivity contribution in [2.45, 2.75) is 55.4 Å². The Morgan fingerprint density at radius 3 is 2.80 bits per heavy atom. The monoisotopic (exact) mass is 393 g/mol. The molecule has 114 valence electrons. The van der Waals surface area contributed by atoms with Gasteiger partial charge in [-0.3, -0.25) is 0 Å². The lowest BCUT2D eigenvalue weighted by atomic mass is 10.1. The quantitative estimate of drug-likeness (QED) is 0.725. The molecule has 1 aromatic rings. The minimum atomic E-state index is 0.595. The van der Waals surface area contributed by atoms with Crippen LogP contribution in [0.4, 0.5) is 0 Å². The van der Waals surface area contributed by atoms with Gasteiger partial charge in [0.25, 0.3) is 0 Å². The van der Waals surface area contributed by atoms with Gasteiger partial charge < -0.3 is 5.32 Å². The van der Waals surface area contributed by atoms with Gasteiger partial charge in [0.2, 0.25) is 0 Å². The Kier molecular flexibility index (Phi) is 7.28. The Morgan fingerprint density at radius 1 is 1.40 bits per heavy atom. The van der Waals surface area contributed by atoms with Gasteiger partial charge in [0.1, 0.15) is 0 Å². The van der Waals surface area contributed by atoms with Crippen LogP contribution in [-0.2, 0) is 6.42 Å². The van der Waals surface area contributed by atoms with E-state index in [0.29, 0.717) is 6.04 Å². The lowest BCUT2D eigenvalue weighted by Gasteiger charge is -2.36. The summed E-state index contributed by atoms with van der Waals surface area (Å²) < 4.78 is 1.28. The van der Waals surface area contributed by atoms with Crippen LogP contribution in [0.2, 0.25) is 0 Å². The minimum Gasteiger partial charge on any atom is -0.312 e. The van der Waals surface area contributed by atoms with Crippen molar-refractivity contribution in [1.82, 2.24) is 5.32 Å². The van der Waals surface area contributed by atoms with E-state index in [1.165, 1.54) is 21.5 Å². The normalized spacial score (nSPS) is 28.5. The van der Waals surface area contributed by atoms with Crippen molar-refractivity contribution in [3.8, 4) is 0 Å². The van der Waals surface area contributed by atoms with Crippen LogP contribution in [0.3, 0.4) is 0 Å². The van der Waals surface area contributed by atoms with E-state index in [4.69, 9.17) is 0 Å². The van der Waals surface area contributed by atoms with Crippen molar-refractivity contribution in [3.05, 3.63) is 20.8 Å². The molecule has 4 unspecified atom stereocenters. The topological polar surface area (TPSA) is 12.0 Å². The van der Waals surface area contributed by atoms with Crippen molar-refractivity contribution in [2.75, 3.05) is 12.3 Å². The van der Waals surface area contributed by atoms with Gasteiger partial charge in [-0.15, -0.1) is 11.3 Å². The molecule has 2 rings (SSSR count). The minimum absolute atomic E-state index is 0.595. The number of thiophene rings is 1. The first-order chi connectivity index (χ1) is 9.61. The van der Waals surface area contributed by atoms with E-state index < -0.39 is 0 Å². The van der Waals surface area contributed by atoms with Crippen molar-refractivity contribution >= 4 is 50.8 Å². The lowest BCUT2D eigenvalue weighted by Crippen LogP contribution is -2.44. The van der Waals surface area contributed by atoms with Gasteiger partial charge in [-0.1, -0.05) is 20.8 Å². The molecule has 2 heterocycles. The van der Waals surface area contributed by atoms with Crippen molar-refractivity contribution < 1.29 is 0 Å². The second-order valence-corrected chi connectivity index (χ2v) is 10.3. The average Bonchev–Trinajstić information content (AvgIpc) is 2.83. The van der Waals surface area contributed by atoms with E-state index in [1.807, 2.05) is 11.3 Å². The fourth-order valence-corrected chi connectivity index (χ4v) is 7.06. The van der Waals surface area contributed by atoms with Gasteiger partial charge >= 0.3 is 0 Å². The van der Waals surface area contributed by atoms with Crippen LogP contribution in [0.5, 0.6) is 0 Å². The van der Waals surface area contributed by atoms with Gasteiger partial charge in [-0.2, -0.15) is 23.5 Å². The fraction of sp³-hybridized carbons (Fsp3) is 0.733. The molecule has 1 saturated heterocycles.